The molecule has 0 atom stereocenters. The molecule has 0 radical (unpaired) electrons. The van der Waals surface area contributed by atoms with Crippen molar-refractivity contribution in [2.24, 2.45) is 5.41 Å². The van der Waals surface area contributed by atoms with Gasteiger partial charge >= 0.3 is 0 Å². The lowest BCUT2D eigenvalue weighted by molar-refractivity contribution is -0.115. The lowest BCUT2D eigenvalue weighted by Gasteiger charge is -2.33. The van der Waals surface area contributed by atoms with Crippen LogP contribution in [0.15, 0.2) is 17.1 Å². The van der Waals surface area contributed by atoms with Gasteiger partial charge in [-0.1, -0.05) is 20.8 Å². The summed E-state index contributed by atoms with van der Waals surface area (Å²) in [4.78, 5) is 3.94. The Balaban J connectivity index is 2.80. The number of alkyl halides is 2. The van der Waals surface area contributed by atoms with E-state index in [1.807, 2.05) is 0 Å². The fraction of sp³-hybridized carbons (Fsp3) is 0.700. The van der Waals surface area contributed by atoms with Gasteiger partial charge < -0.3 is 4.57 Å². The Bertz CT molecular complexity index is 334. The lowest BCUT2D eigenvalue weighted by Crippen LogP contribution is -2.39. The van der Waals surface area contributed by atoms with Crippen LogP contribution in [0.2, 0.25) is 0 Å². The van der Waals surface area contributed by atoms with Crippen molar-refractivity contribution < 1.29 is 8.78 Å². The summed E-state index contributed by atoms with van der Waals surface area (Å²) in [7, 11) is 0. The molecule has 2 nitrogen and oxygen atoms in total. The molecule has 0 aliphatic heterocycles. The minimum absolute atomic E-state index is 0.143. The number of hydrogen-bond acceptors (Lipinski definition) is 1. The highest BCUT2D eigenvalue weighted by Gasteiger charge is 2.44. The Hall–Kier alpha value is -0.450. The quantitative estimate of drug-likeness (QED) is 0.822. The second-order valence-corrected chi connectivity index (χ2v) is 5.12. The maximum atomic E-state index is 13.6. The summed E-state index contributed by atoms with van der Waals surface area (Å²) < 4.78 is 29.5. The molecule has 1 aromatic heterocycles. The summed E-state index contributed by atoms with van der Waals surface area (Å²) in [5, 5.41) is 0. The zero-order valence-corrected chi connectivity index (χ0v) is 10.7. The maximum Gasteiger partial charge on any atom is 0.254 e. The fourth-order valence-electron chi connectivity index (χ4n) is 1.47. The number of halogens is 3. The van der Waals surface area contributed by atoms with Gasteiger partial charge in [0.05, 0.1) is 6.33 Å². The van der Waals surface area contributed by atoms with Crippen molar-refractivity contribution in [3.8, 4) is 0 Å². The molecule has 15 heavy (non-hydrogen) atoms. The summed E-state index contributed by atoms with van der Waals surface area (Å²) in [6, 6.07) is 0. The second kappa shape index (κ2) is 4.20. The number of imidazole rings is 1. The first-order valence-electron chi connectivity index (χ1n) is 4.83. The van der Waals surface area contributed by atoms with Gasteiger partial charge in [0, 0.05) is 24.6 Å². The summed E-state index contributed by atoms with van der Waals surface area (Å²) in [5.41, 5.74) is -1.07. The van der Waals surface area contributed by atoms with E-state index in [-0.39, 0.29) is 13.0 Å². The average molecular weight is 281 g/mol. The van der Waals surface area contributed by atoms with Gasteiger partial charge in [-0.2, -0.15) is 0 Å². The molecule has 1 heterocycles. The van der Waals surface area contributed by atoms with Crippen LogP contribution in [0.25, 0.3) is 0 Å². The monoisotopic (exact) mass is 280 g/mol. The minimum Gasteiger partial charge on any atom is -0.336 e. The van der Waals surface area contributed by atoms with Crippen LogP contribution in [0, 0.1) is 5.41 Å². The molecule has 0 aromatic carbocycles. The lowest BCUT2D eigenvalue weighted by atomic mass is 9.84. The second-order valence-electron chi connectivity index (χ2n) is 4.31. The molecule has 0 amide bonds. The molecular weight excluding hydrogens is 266 g/mol. The number of aromatic nitrogens is 2. The van der Waals surface area contributed by atoms with Crippen LogP contribution in [0.4, 0.5) is 8.78 Å². The minimum atomic E-state index is -2.66. The van der Waals surface area contributed by atoms with E-state index in [4.69, 9.17) is 0 Å². The Labute approximate surface area is 96.8 Å². The molecule has 0 saturated carbocycles. The molecule has 0 aliphatic rings. The van der Waals surface area contributed by atoms with Gasteiger partial charge in [-0.05, 0) is 15.9 Å². The molecule has 1 rings (SSSR count). The summed E-state index contributed by atoms with van der Waals surface area (Å²) >= 11 is 3.19. The normalized spacial score (nSPS) is 13.2. The molecule has 0 N–H and O–H groups in total. The van der Waals surface area contributed by atoms with Crippen LogP contribution in [0.3, 0.4) is 0 Å². The first-order chi connectivity index (χ1) is 6.78. The van der Waals surface area contributed by atoms with Crippen LogP contribution < -0.4 is 0 Å². The largest absolute Gasteiger partial charge is 0.336 e. The molecular formula is C10H15BrF2N2. The fourth-order valence-corrected chi connectivity index (χ4v) is 1.82. The van der Waals surface area contributed by atoms with E-state index in [0.717, 1.165) is 0 Å². The van der Waals surface area contributed by atoms with Crippen LogP contribution in [-0.2, 0) is 6.54 Å². The van der Waals surface area contributed by atoms with Gasteiger partial charge in [0.2, 0.25) is 0 Å². The third kappa shape index (κ3) is 2.77. The molecule has 0 unspecified atom stereocenters. The Morgan fingerprint density at radius 1 is 1.47 bits per heavy atom. The van der Waals surface area contributed by atoms with Crippen molar-refractivity contribution in [1.82, 2.24) is 9.55 Å². The predicted molar refractivity (Wildman–Crippen MR) is 58.9 cm³/mol. The smallest absolute Gasteiger partial charge is 0.254 e. The first-order valence-corrected chi connectivity index (χ1v) is 5.63. The third-order valence-electron chi connectivity index (χ3n) is 2.61. The van der Waals surface area contributed by atoms with Crippen molar-refractivity contribution in [3.63, 3.8) is 0 Å². The van der Waals surface area contributed by atoms with Gasteiger partial charge in [-0.25, -0.2) is 13.8 Å². The number of hydrogen-bond donors (Lipinski definition) is 0. The Kier molecular flexibility index (Phi) is 3.53. The molecule has 0 bridgehead atoms. The highest BCUT2D eigenvalue weighted by Crippen LogP contribution is 2.40. The Morgan fingerprint density at radius 2 is 2.07 bits per heavy atom. The van der Waals surface area contributed by atoms with Crippen LogP contribution in [-0.4, -0.2) is 15.5 Å². The van der Waals surface area contributed by atoms with E-state index < -0.39 is 11.3 Å². The van der Waals surface area contributed by atoms with Crippen molar-refractivity contribution in [2.45, 2.75) is 39.7 Å². The SMILES string of the molecule is CCC(F)(F)C(C)(C)Cn1cnc(Br)c1. The van der Waals surface area contributed by atoms with Crippen molar-refractivity contribution in [2.75, 3.05) is 0 Å². The van der Waals surface area contributed by atoms with Crippen molar-refractivity contribution in [1.29, 1.82) is 0 Å². The maximum absolute atomic E-state index is 13.6. The molecule has 5 heteroatoms. The average Bonchev–Trinajstić information content (AvgIpc) is 2.50. The third-order valence-corrected chi connectivity index (χ3v) is 3.02. The van der Waals surface area contributed by atoms with E-state index in [2.05, 4.69) is 20.9 Å². The summed E-state index contributed by atoms with van der Waals surface area (Å²) in [6.45, 7) is 4.91. The van der Waals surface area contributed by atoms with E-state index in [0.29, 0.717) is 4.60 Å². The molecule has 0 saturated heterocycles. The van der Waals surface area contributed by atoms with Crippen molar-refractivity contribution in [3.05, 3.63) is 17.1 Å². The molecule has 0 aliphatic carbocycles. The van der Waals surface area contributed by atoms with Crippen molar-refractivity contribution >= 4 is 15.9 Å². The summed E-state index contributed by atoms with van der Waals surface area (Å²) in [6.07, 6.45) is 3.11. The predicted octanol–water partition coefficient (Wildman–Crippen LogP) is 3.72. The van der Waals surface area contributed by atoms with Gasteiger partial charge in [0.25, 0.3) is 5.92 Å². The number of nitrogens with zero attached hydrogens (tertiary/aromatic N) is 2. The zero-order chi connectivity index (χ0) is 11.7. The molecule has 0 fully saturated rings. The van der Waals surface area contributed by atoms with E-state index in [1.54, 1.807) is 30.9 Å². The highest BCUT2D eigenvalue weighted by molar-refractivity contribution is 9.10. The van der Waals surface area contributed by atoms with E-state index in [9.17, 15) is 8.78 Å². The standard InChI is InChI=1S/C10H15BrF2N2/c1-4-10(12,13)9(2,3)6-15-5-8(11)14-7-15/h5,7H,4,6H2,1-3H3. The number of rotatable bonds is 4. The van der Waals surface area contributed by atoms with Crippen LogP contribution in [0.5, 0.6) is 0 Å². The van der Waals surface area contributed by atoms with Gasteiger partial charge in [-0.15, -0.1) is 0 Å². The van der Waals surface area contributed by atoms with Gasteiger partial charge in [-0.3, -0.25) is 0 Å². The first kappa shape index (κ1) is 12.6. The van der Waals surface area contributed by atoms with Crippen LogP contribution >= 0.6 is 15.9 Å². The van der Waals surface area contributed by atoms with Gasteiger partial charge in [0.1, 0.15) is 4.60 Å². The molecule has 0 spiro atoms. The molecule has 1 aromatic rings. The molecule has 86 valence electrons. The van der Waals surface area contributed by atoms with E-state index in [1.165, 1.54) is 6.92 Å². The Morgan fingerprint density at radius 3 is 2.47 bits per heavy atom. The topological polar surface area (TPSA) is 17.8 Å². The highest BCUT2D eigenvalue weighted by atomic mass is 79.9. The van der Waals surface area contributed by atoms with E-state index >= 15 is 0 Å². The van der Waals surface area contributed by atoms with Crippen LogP contribution in [0.1, 0.15) is 27.2 Å². The van der Waals surface area contributed by atoms with Gasteiger partial charge in [0.15, 0.2) is 0 Å². The summed E-state index contributed by atoms with van der Waals surface area (Å²) in [5.74, 6) is -2.66. The zero-order valence-electron chi connectivity index (χ0n) is 9.10.